The average Bonchev–Trinajstić information content (AvgIpc) is 3.15. The van der Waals surface area contributed by atoms with E-state index in [1.165, 1.54) is 21.8 Å². The number of nitrogens with zero attached hydrogens (tertiary/aromatic N) is 3. The van der Waals surface area contributed by atoms with E-state index in [0.29, 0.717) is 10.7 Å². The van der Waals surface area contributed by atoms with E-state index < -0.39 is 22.0 Å². The number of thiazole rings is 1. The minimum Gasteiger partial charge on any atom is -0.458 e. The average molecular weight is 470 g/mol. The van der Waals surface area contributed by atoms with Gasteiger partial charge in [-0.05, 0) is 23.3 Å². The summed E-state index contributed by atoms with van der Waals surface area (Å²) in [5, 5.41) is 0. The van der Waals surface area contributed by atoms with Crippen LogP contribution >= 0.6 is 11.3 Å². The fraction of sp³-hybridized carbons (Fsp3) is 0.227. The molecule has 1 atom stereocenters. The number of carbonyl (C=O) groups excluding carboxylic acids is 1. The van der Waals surface area contributed by atoms with Crippen LogP contribution < -0.4 is 5.56 Å². The zero-order valence-electron chi connectivity index (χ0n) is 17.1. The third kappa shape index (κ3) is 3.70. The monoisotopic (exact) mass is 469 g/mol. The molecule has 0 unspecified atom stereocenters. The van der Waals surface area contributed by atoms with Gasteiger partial charge in [-0.2, -0.15) is 4.31 Å². The van der Waals surface area contributed by atoms with Crippen LogP contribution in [-0.4, -0.2) is 40.4 Å². The molecule has 1 aliphatic rings. The van der Waals surface area contributed by atoms with Crippen molar-refractivity contribution in [1.82, 2.24) is 13.7 Å². The van der Waals surface area contributed by atoms with Gasteiger partial charge in [-0.1, -0.05) is 47.7 Å². The van der Waals surface area contributed by atoms with Crippen LogP contribution in [0.5, 0.6) is 0 Å². The molecule has 0 amide bonds. The summed E-state index contributed by atoms with van der Waals surface area (Å²) >= 11 is 1.37. The number of aromatic nitrogens is 2. The van der Waals surface area contributed by atoms with Crippen molar-refractivity contribution in [2.24, 2.45) is 0 Å². The highest BCUT2D eigenvalue weighted by Crippen LogP contribution is 2.27. The molecule has 0 saturated heterocycles. The van der Waals surface area contributed by atoms with Gasteiger partial charge in [-0.25, -0.2) is 13.4 Å². The van der Waals surface area contributed by atoms with Crippen LogP contribution in [0.3, 0.4) is 0 Å². The first-order chi connectivity index (χ1) is 15.3. The molecule has 0 bridgehead atoms. The lowest BCUT2D eigenvalue weighted by Gasteiger charge is -2.33. The summed E-state index contributed by atoms with van der Waals surface area (Å²) < 4.78 is 33.7. The highest BCUT2D eigenvalue weighted by atomic mass is 32.2. The second kappa shape index (κ2) is 7.80. The van der Waals surface area contributed by atoms with Crippen LogP contribution in [0, 0.1) is 0 Å². The highest BCUT2D eigenvalue weighted by Gasteiger charge is 2.37. The molecule has 32 heavy (non-hydrogen) atoms. The number of benzene rings is 2. The molecule has 0 spiro atoms. The molecule has 0 fully saturated rings. The lowest BCUT2D eigenvalue weighted by Crippen LogP contribution is -2.48. The Morgan fingerprint density at radius 2 is 1.88 bits per heavy atom. The number of rotatable bonds is 4. The Morgan fingerprint density at radius 3 is 2.66 bits per heavy atom. The molecular weight excluding hydrogens is 450 g/mol. The first-order valence-corrected chi connectivity index (χ1v) is 12.6. The molecule has 0 radical (unpaired) electrons. The van der Waals surface area contributed by atoms with E-state index in [4.69, 9.17) is 4.74 Å². The number of hydrogen-bond donors (Lipinski definition) is 0. The molecule has 0 saturated carbocycles. The number of para-hydroxylation sites is 1. The van der Waals surface area contributed by atoms with Gasteiger partial charge in [0.1, 0.15) is 12.6 Å². The van der Waals surface area contributed by atoms with Gasteiger partial charge >= 0.3 is 5.97 Å². The molecule has 5 rings (SSSR count). The van der Waals surface area contributed by atoms with Crippen molar-refractivity contribution >= 4 is 42.5 Å². The van der Waals surface area contributed by atoms with Crippen LogP contribution in [0.2, 0.25) is 0 Å². The maximum absolute atomic E-state index is 12.9. The van der Waals surface area contributed by atoms with Crippen LogP contribution in [0.15, 0.2) is 59.4 Å². The summed E-state index contributed by atoms with van der Waals surface area (Å²) in [6, 6.07) is 15.3. The van der Waals surface area contributed by atoms with Gasteiger partial charge in [-0.15, -0.1) is 0 Å². The predicted octanol–water partition coefficient (Wildman–Crippen LogP) is 2.34. The lowest BCUT2D eigenvalue weighted by atomic mass is 9.96. The zero-order valence-corrected chi connectivity index (χ0v) is 18.7. The quantitative estimate of drug-likeness (QED) is 0.426. The van der Waals surface area contributed by atoms with Gasteiger partial charge in [0.2, 0.25) is 10.0 Å². The van der Waals surface area contributed by atoms with Crippen LogP contribution in [-0.2, 0) is 39.1 Å². The second-order valence-corrected chi connectivity index (χ2v) is 10.6. The topological polar surface area (TPSA) is 98.0 Å². The van der Waals surface area contributed by atoms with E-state index in [0.717, 1.165) is 31.9 Å². The molecule has 3 heterocycles. The van der Waals surface area contributed by atoms with E-state index in [1.54, 1.807) is 0 Å². The van der Waals surface area contributed by atoms with Crippen molar-refractivity contribution in [3.05, 3.63) is 81.8 Å². The van der Waals surface area contributed by atoms with Crippen molar-refractivity contribution in [3.63, 3.8) is 0 Å². The van der Waals surface area contributed by atoms with Crippen molar-refractivity contribution in [2.75, 3.05) is 6.26 Å². The van der Waals surface area contributed by atoms with Gasteiger partial charge in [0.25, 0.3) is 5.56 Å². The number of ether oxygens (including phenoxy) is 1. The molecule has 164 valence electrons. The molecule has 1 aliphatic heterocycles. The maximum Gasteiger partial charge on any atom is 0.325 e. The standard InChI is InChI=1S/C22H19N3O5S2/c1-32(28,29)24-12-15-7-3-2-6-14(15)10-18(24)21(27)30-13-16-11-20(26)25-17-8-4-5-9-19(17)31-22(25)23-16/h2-9,11,18H,10,12-13H2,1H3/t18-/m1/s1. The molecule has 2 aromatic heterocycles. The Hall–Kier alpha value is -3.08. The summed E-state index contributed by atoms with van der Waals surface area (Å²) in [6.45, 7) is -0.101. The predicted molar refractivity (Wildman–Crippen MR) is 121 cm³/mol. The van der Waals surface area contributed by atoms with E-state index in [9.17, 15) is 18.0 Å². The van der Waals surface area contributed by atoms with Crippen molar-refractivity contribution < 1.29 is 17.9 Å². The second-order valence-electron chi connectivity index (χ2n) is 7.68. The Balaban J connectivity index is 1.40. The molecule has 0 N–H and O–H groups in total. The third-order valence-corrected chi connectivity index (χ3v) is 7.77. The molecule has 10 heteroatoms. The van der Waals surface area contributed by atoms with E-state index in [-0.39, 0.29) is 25.1 Å². The van der Waals surface area contributed by atoms with Crippen molar-refractivity contribution in [1.29, 1.82) is 0 Å². The smallest absolute Gasteiger partial charge is 0.325 e. The van der Waals surface area contributed by atoms with E-state index in [2.05, 4.69) is 4.98 Å². The molecule has 0 aliphatic carbocycles. The molecular formula is C22H19N3O5S2. The Morgan fingerprint density at radius 1 is 1.16 bits per heavy atom. The largest absolute Gasteiger partial charge is 0.458 e. The molecule has 4 aromatic rings. The van der Waals surface area contributed by atoms with E-state index >= 15 is 0 Å². The van der Waals surface area contributed by atoms with E-state index in [1.807, 2.05) is 48.5 Å². The number of fused-ring (bicyclic) bond motifs is 4. The maximum atomic E-state index is 12.9. The van der Waals surface area contributed by atoms with Gasteiger partial charge in [0.15, 0.2) is 4.96 Å². The summed E-state index contributed by atoms with van der Waals surface area (Å²) in [4.78, 5) is 30.5. The highest BCUT2D eigenvalue weighted by molar-refractivity contribution is 7.88. The molecule has 8 nitrogen and oxygen atoms in total. The first kappa shape index (κ1) is 20.8. The normalized spacial score (nSPS) is 16.8. The first-order valence-electron chi connectivity index (χ1n) is 9.92. The van der Waals surface area contributed by atoms with Gasteiger partial charge < -0.3 is 4.74 Å². The number of esters is 1. The SMILES string of the molecule is CS(=O)(=O)N1Cc2ccccc2C[C@@H]1C(=O)OCc1cc(=O)n2c(n1)sc1ccccc12. The summed E-state index contributed by atoms with van der Waals surface area (Å²) in [5.74, 6) is -0.664. The zero-order chi connectivity index (χ0) is 22.5. The van der Waals surface area contributed by atoms with Gasteiger partial charge in [0.05, 0.1) is 22.2 Å². The third-order valence-electron chi connectivity index (χ3n) is 5.51. The van der Waals surface area contributed by atoms with Gasteiger partial charge in [0, 0.05) is 19.0 Å². The van der Waals surface area contributed by atoms with Crippen LogP contribution in [0.4, 0.5) is 0 Å². The van der Waals surface area contributed by atoms with Crippen molar-refractivity contribution in [3.8, 4) is 0 Å². The Bertz CT molecular complexity index is 1520. The molecule has 2 aromatic carbocycles. The number of carbonyl (C=O) groups is 1. The fourth-order valence-corrected chi connectivity index (χ4v) is 6.03. The fourth-order valence-electron chi connectivity index (χ4n) is 3.99. The van der Waals surface area contributed by atoms with Crippen LogP contribution in [0.1, 0.15) is 16.8 Å². The van der Waals surface area contributed by atoms with Crippen molar-refractivity contribution in [2.45, 2.75) is 25.6 Å². The minimum absolute atomic E-state index is 0.113. The number of hydrogen-bond acceptors (Lipinski definition) is 7. The number of sulfonamides is 1. The summed E-state index contributed by atoms with van der Waals surface area (Å²) in [7, 11) is -3.63. The Labute approximate surface area is 187 Å². The summed E-state index contributed by atoms with van der Waals surface area (Å²) in [5.41, 5.74) is 2.61. The summed E-state index contributed by atoms with van der Waals surface area (Å²) in [6.07, 6.45) is 1.31. The lowest BCUT2D eigenvalue weighted by molar-refractivity contribution is -0.150. The van der Waals surface area contributed by atoms with Crippen LogP contribution in [0.25, 0.3) is 15.2 Å². The minimum atomic E-state index is -3.63. The Kier molecular flexibility index (Phi) is 5.07. The van der Waals surface area contributed by atoms with Gasteiger partial charge in [-0.3, -0.25) is 14.0 Å².